The summed E-state index contributed by atoms with van der Waals surface area (Å²) in [7, 11) is 3.29. The number of halogens is 1. The quantitative estimate of drug-likeness (QED) is 0.182. The van der Waals surface area contributed by atoms with Gasteiger partial charge in [-0.05, 0) is 65.8 Å². The molecule has 0 bridgehead atoms. The number of nitrogens with zero attached hydrogens (tertiary/aromatic N) is 6. The minimum Gasteiger partial charge on any atom is -0.497 e. The van der Waals surface area contributed by atoms with Crippen LogP contribution in [-0.4, -0.2) is 82.4 Å². The van der Waals surface area contributed by atoms with Crippen molar-refractivity contribution in [2.24, 2.45) is 5.41 Å². The van der Waals surface area contributed by atoms with E-state index in [9.17, 15) is 9.90 Å². The zero-order valence-corrected chi connectivity index (χ0v) is 28.6. The molecule has 0 spiro atoms. The number of aromatic nitrogens is 3. The smallest absolute Gasteiger partial charge is 0.407 e. The fraction of sp³-hybridized carbons (Fsp3) is 0.405. The van der Waals surface area contributed by atoms with Crippen LogP contribution in [0.5, 0.6) is 11.5 Å². The standard InChI is InChI=1S/C37H45FN6O4/c1-25-40-32(31-19-28(21-39-35(31)38)15-16-42-17-18-44(36(45)46)33(24-42)37(2,3)4)20-34(41-25)43(22-26-7-11-29(47-5)12-8-26)23-27-9-13-30(48-6)14-10-27/h7-14,19-21,33H,15-18,22-24H2,1-6H3,(H,45,46). The van der Waals surface area contributed by atoms with Gasteiger partial charge in [0.2, 0.25) is 5.95 Å². The van der Waals surface area contributed by atoms with E-state index in [1.807, 2.05) is 67.6 Å². The summed E-state index contributed by atoms with van der Waals surface area (Å²) in [6.07, 6.45) is 1.33. The maximum atomic E-state index is 15.4. The molecular weight excluding hydrogens is 611 g/mol. The molecule has 2 aromatic carbocycles. The number of hydrogen-bond donors (Lipinski definition) is 1. The largest absolute Gasteiger partial charge is 0.497 e. The van der Waals surface area contributed by atoms with Crippen molar-refractivity contribution in [1.29, 1.82) is 0 Å². The highest BCUT2D eigenvalue weighted by Crippen LogP contribution is 2.30. The number of rotatable bonds is 11. The zero-order valence-electron chi connectivity index (χ0n) is 28.6. The molecule has 1 N–H and O–H groups in total. The van der Waals surface area contributed by atoms with E-state index in [-0.39, 0.29) is 11.5 Å². The fourth-order valence-corrected chi connectivity index (χ4v) is 6.08. The molecule has 10 nitrogen and oxygen atoms in total. The molecule has 4 aromatic rings. The SMILES string of the molecule is COc1ccc(CN(Cc2ccc(OC)cc2)c2cc(-c3cc(CCN4CCN(C(=O)O)C(C(C)(C)C)C4)cnc3F)nc(C)n2)cc1. The van der Waals surface area contributed by atoms with Crippen LogP contribution in [0.15, 0.2) is 66.9 Å². The monoisotopic (exact) mass is 656 g/mol. The van der Waals surface area contributed by atoms with Crippen LogP contribution < -0.4 is 14.4 Å². The molecule has 1 amide bonds. The highest BCUT2D eigenvalue weighted by molar-refractivity contribution is 5.66. The summed E-state index contributed by atoms with van der Waals surface area (Å²) in [4.78, 5) is 31.4. The lowest BCUT2D eigenvalue weighted by molar-refractivity contribution is 0.0221. The molecule has 1 atom stereocenters. The first-order chi connectivity index (χ1) is 22.9. The Hall–Kier alpha value is -4.77. The molecule has 1 aliphatic heterocycles. The van der Waals surface area contributed by atoms with Crippen molar-refractivity contribution in [3.8, 4) is 22.8 Å². The predicted octanol–water partition coefficient (Wildman–Crippen LogP) is 6.46. The number of aryl methyl sites for hydroxylation is 1. The Balaban J connectivity index is 1.39. The molecule has 1 fully saturated rings. The third kappa shape index (κ3) is 8.57. The number of methoxy groups -OCH3 is 2. The van der Waals surface area contributed by atoms with Crippen LogP contribution in [0, 0.1) is 18.3 Å². The minimum atomic E-state index is -0.881. The van der Waals surface area contributed by atoms with Crippen molar-refractivity contribution in [3.63, 3.8) is 0 Å². The van der Waals surface area contributed by atoms with E-state index >= 15 is 4.39 Å². The molecule has 3 heterocycles. The van der Waals surface area contributed by atoms with Gasteiger partial charge in [0.1, 0.15) is 23.1 Å². The predicted molar refractivity (Wildman–Crippen MR) is 184 cm³/mol. The van der Waals surface area contributed by atoms with Gasteiger partial charge in [0.05, 0.1) is 31.5 Å². The van der Waals surface area contributed by atoms with Crippen LogP contribution in [0.1, 0.15) is 43.3 Å². The summed E-state index contributed by atoms with van der Waals surface area (Å²) in [6, 6.07) is 19.3. The fourth-order valence-electron chi connectivity index (χ4n) is 6.08. The molecule has 1 saturated heterocycles. The topological polar surface area (TPSA) is 104 Å². The van der Waals surface area contributed by atoms with Gasteiger partial charge in [-0.1, -0.05) is 45.0 Å². The number of carboxylic acid groups (broad SMARTS) is 1. The Kier molecular flexibility index (Phi) is 10.8. The second-order valence-electron chi connectivity index (χ2n) is 13.3. The molecule has 1 unspecified atom stereocenters. The zero-order chi connectivity index (χ0) is 34.4. The van der Waals surface area contributed by atoms with E-state index < -0.39 is 12.0 Å². The van der Waals surface area contributed by atoms with E-state index in [1.54, 1.807) is 25.3 Å². The van der Waals surface area contributed by atoms with Crippen molar-refractivity contribution in [1.82, 2.24) is 24.8 Å². The Morgan fingerprint density at radius 3 is 2.08 bits per heavy atom. The molecule has 254 valence electrons. The summed E-state index contributed by atoms with van der Waals surface area (Å²) in [5.41, 5.74) is 3.59. The van der Waals surface area contributed by atoms with E-state index in [4.69, 9.17) is 14.5 Å². The lowest BCUT2D eigenvalue weighted by atomic mass is 9.84. The third-order valence-electron chi connectivity index (χ3n) is 8.81. The number of amides is 1. The highest BCUT2D eigenvalue weighted by Gasteiger charge is 2.37. The summed E-state index contributed by atoms with van der Waals surface area (Å²) in [5.74, 6) is 2.15. The maximum Gasteiger partial charge on any atom is 0.407 e. The van der Waals surface area contributed by atoms with Gasteiger partial charge < -0.3 is 24.4 Å². The molecule has 0 saturated carbocycles. The van der Waals surface area contributed by atoms with Gasteiger partial charge in [-0.2, -0.15) is 4.39 Å². The second-order valence-corrected chi connectivity index (χ2v) is 13.3. The Bertz CT molecular complexity index is 1640. The molecule has 0 radical (unpaired) electrons. The first kappa shape index (κ1) is 34.6. The van der Waals surface area contributed by atoms with Crippen LogP contribution in [0.4, 0.5) is 15.0 Å². The molecule has 0 aliphatic carbocycles. The average Bonchev–Trinajstić information content (AvgIpc) is 3.07. The number of pyridine rings is 1. The third-order valence-corrected chi connectivity index (χ3v) is 8.81. The minimum absolute atomic E-state index is 0.119. The van der Waals surface area contributed by atoms with Gasteiger partial charge in [-0.25, -0.2) is 19.7 Å². The van der Waals surface area contributed by atoms with Crippen LogP contribution >= 0.6 is 0 Å². The molecule has 11 heteroatoms. The number of hydrogen-bond acceptors (Lipinski definition) is 8. The lowest BCUT2D eigenvalue weighted by Gasteiger charge is -2.46. The van der Waals surface area contributed by atoms with Gasteiger partial charge in [0.15, 0.2) is 0 Å². The van der Waals surface area contributed by atoms with E-state index in [1.165, 1.54) is 0 Å². The molecule has 48 heavy (non-hydrogen) atoms. The first-order valence-corrected chi connectivity index (χ1v) is 16.2. The Morgan fingerprint density at radius 1 is 0.938 bits per heavy atom. The maximum absolute atomic E-state index is 15.4. The summed E-state index contributed by atoms with van der Waals surface area (Å²) >= 11 is 0. The Labute approximate surface area is 282 Å². The van der Waals surface area contributed by atoms with Crippen molar-refractivity contribution in [2.45, 2.75) is 53.2 Å². The van der Waals surface area contributed by atoms with Gasteiger partial charge >= 0.3 is 6.09 Å². The number of anilines is 1. The molecular formula is C37H45FN6O4. The van der Waals surface area contributed by atoms with Gasteiger partial charge in [0, 0.05) is 51.5 Å². The van der Waals surface area contributed by atoms with Crippen molar-refractivity contribution < 1.29 is 23.8 Å². The number of carbonyl (C=O) groups is 1. The van der Waals surface area contributed by atoms with Crippen molar-refractivity contribution >= 4 is 11.9 Å². The number of ether oxygens (including phenoxy) is 2. The first-order valence-electron chi connectivity index (χ1n) is 16.2. The summed E-state index contributed by atoms with van der Waals surface area (Å²) in [5, 5.41) is 9.73. The highest BCUT2D eigenvalue weighted by atomic mass is 19.1. The van der Waals surface area contributed by atoms with Gasteiger partial charge in [-0.15, -0.1) is 0 Å². The van der Waals surface area contributed by atoms with Gasteiger partial charge in [0.25, 0.3) is 0 Å². The second kappa shape index (κ2) is 15.0. The molecule has 2 aromatic heterocycles. The molecule has 5 rings (SSSR count). The normalized spacial score (nSPS) is 15.3. The van der Waals surface area contributed by atoms with Gasteiger partial charge in [-0.3, -0.25) is 4.90 Å². The summed E-state index contributed by atoms with van der Waals surface area (Å²) in [6.45, 7) is 11.6. The summed E-state index contributed by atoms with van der Waals surface area (Å²) < 4.78 is 26.1. The Morgan fingerprint density at radius 2 is 1.54 bits per heavy atom. The van der Waals surface area contributed by atoms with E-state index in [0.717, 1.165) is 28.2 Å². The lowest BCUT2D eigenvalue weighted by Crippen LogP contribution is -2.59. The average molecular weight is 657 g/mol. The van der Waals surface area contributed by atoms with E-state index in [0.29, 0.717) is 68.6 Å². The van der Waals surface area contributed by atoms with Crippen molar-refractivity contribution in [3.05, 3.63) is 95.3 Å². The number of piperazine rings is 1. The van der Waals surface area contributed by atoms with Crippen LogP contribution in [0.2, 0.25) is 0 Å². The van der Waals surface area contributed by atoms with Crippen molar-refractivity contribution in [2.75, 3.05) is 45.3 Å². The van der Waals surface area contributed by atoms with E-state index in [2.05, 4.69) is 40.5 Å². The van der Waals surface area contributed by atoms with Crippen LogP contribution in [-0.2, 0) is 19.5 Å². The molecule has 1 aliphatic rings. The van der Waals surface area contributed by atoms with Crippen LogP contribution in [0.25, 0.3) is 11.3 Å². The van der Waals surface area contributed by atoms with Crippen LogP contribution in [0.3, 0.4) is 0 Å². The number of benzene rings is 2.